The highest BCUT2D eigenvalue weighted by Gasteiger charge is 2.10. The van der Waals surface area contributed by atoms with Crippen molar-refractivity contribution in [2.45, 2.75) is 32.7 Å². The number of nitrogens with zero attached hydrogens (tertiary/aromatic N) is 3. The zero-order chi connectivity index (χ0) is 12.3. The number of unbranched alkanes of at least 4 members (excludes halogenated alkanes) is 1. The highest BCUT2D eigenvalue weighted by molar-refractivity contribution is 5.76. The predicted molar refractivity (Wildman–Crippen MR) is 63.9 cm³/mol. The molecule has 4 heteroatoms. The van der Waals surface area contributed by atoms with Crippen LogP contribution in [0.25, 0.3) is 11.0 Å². The third-order valence-electron chi connectivity index (χ3n) is 2.76. The Morgan fingerprint density at radius 1 is 1.47 bits per heavy atom. The van der Waals surface area contributed by atoms with Gasteiger partial charge in [0.25, 0.3) is 0 Å². The lowest BCUT2D eigenvalue weighted by Gasteiger charge is -2.05. The molecule has 1 aromatic carbocycles. The largest absolute Gasteiger partial charge is 0.327 e. The van der Waals surface area contributed by atoms with Gasteiger partial charge < -0.3 is 4.57 Å². The number of nitriles is 1. The van der Waals surface area contributed by atoms with E-state index < -0.39 is 0 Å². The quantitative estimate of drug-likeness (QED) is 0.811. The summed E-state index contributed by atoms with van der Waals surface area (Å²) in [6, 6.07) is 6.68. The second kappa shape index (κ2) is 4.96. The van der Waals surface area contributed by atoms with E-state index in [9.17, 15) is 4.39 Å². The maximum Gasteiger partial charge on any atom is 0.125 e. The molecule has 0 bridgehead atoms. The molecule has 17 heavy (non-hydrogen) atoms. The minimum atomic E-state index is -0.291. The van der Waals surface area contributed by atoms with Gasteiger partial charge in [0.05, 0.1) is 23.5 Å². The van der Waals surface area contributed by atoms with Gasteiger partial charge in [-0.25, -0.2) is 9.37 Å². The molecule has 88 valence electrons. The second-order valence-corrected chi connectivity index (χ2v) is 4.00. The molecule has 0 N–H and O–H groups in total. The van der Waals surface area contributed by atoms with Crippen LogP contribution >= 0.6 is 0 Å². The maximum absolute atomic E-state index is 13.1. The second-order valence-electron chi connectivity index (χ2n) is 4.00. The summed E-state index contributed by atoms with van der Waals surface area (Å²) in [7, 11) is 0. The van der Waals surface area contributed by atoms with Crippen molar-refractivity contribution in [2.75, 3.05) is 0 Å². The van der Waals surface area contributed by atoms with Crippen LogP contribution < -0.4 is 0 Å². The molecule has 0 unspecified atom stereocenters. The van der Waals surface area contributed by atoms with Gasteiger partial charge in [-0.15, -0.1) is 0 Å². The van der Waals surface area contributed by atoms with Gasteiger partial charge in [-0.05, 0) is 18.6 Å². The number of benzene rings is 1. The third kappa shape index (κ3) is 2.28. The molecule has 0 spiro atoms. The fourth-order valence-corrected chi connectivity index (χ4v) is 1.92. The molecular formula is C13H14FN3. The van der Waals surface area contributed by atoms with Crippen molar-refractivity contribution in [3.8, 4) is 6.07 Å². The van der Waals surface area contributed by atoms with E-state index >= 15 is 0 Å². The van der Waals surface area contributed by atoms with Gasteiger partial charge in [0.15, 0.2) is 0 Å². The molecule has 0 aliphatic heterocycles. The number of hydrogen-bond donors (Lipinski definition) is 0. The Labute approximate surface area is 99.5 Å². The van der Waals surface area contributed by atoms with Crippen LogP contribution in [0, 0.1) is 17.1 Å². The lowest BCUT2D eigenvalue weighted by atomic mass is 10.3. The van der Waals surface area contributed by atoms with E-state index in [0.717, 1.165) is 30.7 Å². The van der Waals surface area contributed by atoms with Crippen molar-refractivity contribution < 1.29 is 4.39 Å². The van der Waals surface area contributed by atoms with Crippen LogP contribution in [0.2, 0.25) is 0 Å². The average molecular weight is 231 g/mol. The Hall–Kier alpha value is -1.89. The summed E-state index contributed by atoms with van der Waals surface area (Å²) >= 11 is 0. The van der Waals surface area contributed by atoms with Crippen LogP contribution in [0.1, 0.15) is 25.6 Å². The van der Waals surface area contributed by atoms with E-state index in [-0.39, 0.29) is 12.2 Å². The summed E-state index contributed by atoms with van der Waals surface area (Å²) in [5, 5.41) is 8.77. The molecule has 0 atom stereocenters. The van der Waals surface area contributed by atoms with Gasteiger partial charge in [0.1, 0.15) is 11.6 Å². The van der Waals surface area contributed by atoms with Gasteiger partial charge in [0, 0.05) is 12.6 Å². The highest BCUT2D eigenvalue weighted by atomic mass is 19.1. The van der Waals surface area contributed by atoms with Gasteiger partial charge >= 0.3 is 0 Å². The number of hydrogen-bond acceptors (Lipinski definition) is 2. The molecule has 0 saturated heterocycles. The van der Waals surface area contributed by atoms with E-state index in [4.69, 9.17) is 5.26 Å². The molecule has 0 amide bonds. The van der Waals surface area contributed by atoms with Crippen molar-refractivity contribution in [3.05, 3.63) is 29.8 Å². The first-order chi connectivity index (χ1) is 8.26. The lowest BCUT2D eigenvalue weighted by molar-refractivity contribution is 0.622. The molecule has 0 aliphatic carbocycles. The van der Waals surface area contributed by atoms with Gasteiger partial charge in [-0.2, -0.15) is 5.26 Å². The molecule has 2 aromatic rings. The molecule has 0 saturated carbocycles. The molecular weight excluding hydrogens is 217 g/mol. The number of fused-ring (bicyclic) bond motifs is 1. The standard InChI is InChI=1S/C13H14FN3/c1-2-3-8-17-12-5-4-10(14)9-11(12)16-13(17)6-7-15/h4-5,9H,2-3,6,8H2,1H3. The van der Waals surface area contributed by atoms with Crippen molar-refractivity contribution in [1.82, 2.24) is 9.55 Å². The molecule has 3 nitrogen and oxygen atoms in total. The summed E-state index contributed by atoms with van der Waals surface area (Å²) < 4.78 is 15.1. The first kappa shape index (κ1) is 11.6. The van der Waals surface area contributed by atoms with Crippen LogP contribution in [0.5, 0.6) is 0 Å². The summed E-state index contributed by atoms with van der Waals surface area (Å²) in [6.07, 6.45) is 2.37. The van der Waals surface area contributed by atoms with Crippen LogP contribution in [-0.4, -0.2) is 9.55 Å². The number of halogens is 1. The topological polar surface area (TPSA) is 41.6 Å². The fourth-order valence-electron chi connectivity index (χ4n) is 1.92. The van der Waals surface area contributed by atoms with E-state index in [0.29, 0.717) is 5.52 Å². The first-order valence-corrected chi connectivity index (χ1v) is 5.78. The summed E-state index contributed by atoms with van der Waals surface area (Å²) in [5.41, 5.74) is 1.54. The number of imidazole rings is 1. The Morgan fingerprint density at radius 3 is 3.00 bits per heavy atom. The average Bonchev–Trinajstić information content (AvgIpc) is 2.63. The van der Waals surface area contributed by atoms with E-state index in [2.05, 4.69) is 18.0 Å². The SMILES string of the molecule is CCCCn1c(CC#N)nc2cc(F)ccc21. The zero-order valence-corrected chi connectivity index (χ0v) is 9.78. The lowest BCUT2D eigenvalue weighted by Crippen LogP contribution is -2.03. The molecule has 1 aromatic heterocycles. The smallest absolute Gasteiger partial charge is 0.125 e. The Bertz CT molecular complexity index is 566. The summed E-state index contributed by atoms with van der Waals surface area (Å²) in [5.74, 6) is 0.433. The number of rotatable bonds is 4. The molecule has 0 aliphatic rings. The molecule has 0 fully saturated rings. The van der Waals surface area contributed by atoms with Crippen molar-refractivity contribution in [2.24, 2.45) is 0 Å². The summed E-state index contributed by atoms with van der Waals surface area (Å²) in [4.78, 5) is 4.32. The highest BCUT2D eigenvalue weighted by Crippen LogP contribution is 2.18. The van der Waals surface area contributed by atoms with Crippen molar-refractivity contribution in [3.63, 3.8) is 0 Å². The minimum absolute atomic E-state index is 0.264. The van der Waals surface area contributed by atoms with Crippen LogP contribution in [0.15, 0.2) is 18.2 Å². The monoisotopic (exact) mass is 231 g/mol. The van der Waals surface area contributed by atoms with E-state index in [1.165, 1.54) is 12.1 Å². The number of aromatic nitrogens is 2. The first-order valence-electron chi connectivity index (χ1n) is 5.78. The summed E-state index contributed by atoms with van der Waals surface area (Å²) in [6.45, 7) is 2.94. The predicted octanol–water partition coefficient (Wildman–Crippen LogP) is 3.04. The molecule has 0 radical (unpaired) electrons. The van der Waals surface area contributed by atoms with Crippen LogP contribution in [0.4, 0.5) is 4.39 Å². The Balaban J connectivity index is 2.51. The maximum atomic E-state index is 13.1. The number of aryl methyl sites for hydroxylation is 1. The van der Waals surface area contributed by atoms with Crippen LogP contribution in [0.3, 0.4) is 0 Å². The van der Waals surface area contributed by atoms with E-state index in [1.54, 1.807) is 6.07 Å². The Kier molecular flexibility index (Phi) is 3.38. The van der Waals surface area contributed by atoms with Crippen molar-refractivity contribution in [1.29, 1.82) is 5.26 Å². The molecule has 1 heterocycles. The van der Waals surface area contributed by atoms with Gasteiger partial charge in [-0.1, -0.05) is 13.3 Å². The van der Waals surface area contributed by atoms with Crippen LogP contribution in [-0.2, 0) is 13.0 Å². The zero-order valence-electron chi connectivity index (χ0n) is 9.78. The normalized spacial score (nSPS) is 10.6. The van der Waals surface area contributed by atoms with Crippen molar-refractivity contribution >= 4 is 11.0 Å². The van der Waals surface area contributed by atoms with E-state index in [1.807, 2.05) is 4.57 Å². The van der Waals surface area contributed by atoms with Gasteiger partial charge in [0.2, 0.25) is 0 Å². The van der Waals surface area contributed by atoms with Gasteiger partial charge in [-0.3, -0.25) is 0 Å². The minimum Gasteiger partial charge on any atom is -0.327 e. The third-order valence-corrected chi connectivity index (χ3v) is 2.76. The Morgan fingerprint density at radius 2 is 2.29 bits per heavy atom. The fraction of sp³-hybridized carbons (Fsp3) is 0.385. The molecule has 2 rings (SSSR count).